The molecule has 1 N–H and O–H groups in total. The maximum atomic E-state index is 12.1. The van der Waals surface area contributed by atoms with Gasteiger partial charge >= 0.3 is 6.03 Å². The Kier molecular flexibility index (Phi) is 4.74. The van der Waals surface area contributed by atoms with Gasteiger partial charge in [0.15, 0.2) is 0 Å². The first kappa shape index (κ1) is 15.9. The molecule has 1 saturated carbocycles. The summed E-state index contributed by atoms with van der Waals surface area (Å²) in [5.74, 6) is 0. The third kappa shape index (κ3) is 3.29. The van der Waals surface area contributed by atoms with Crippen molar-refractivity contribution in [2.75, 3.05) is 26.2 Å². The molecule has 0 bridgehead atoms. The zero-order valence-electron chi connectivity index (χ0n) is 14.5. The molecule has 0 radical (unpaired) electrons. The Hall–Kier alpha value is -1.56. The van der Waals surface area contributed by atoms with Crippen LogP contribution in [0.25, 0.3) is 0 Å². The molecule has 6 nitrogen and oxygen atoms in total. The fourth-order valence-corrected chi connectivity index (χ4v) is 4.56. The molecule has 6 heteroatoms. The first-order chi connectivity index (χ1) is 11.8. The van der Waals surface area contributed by atoms with Crippen LogP contribution in [0.15, 0.2) is 12.3 Å². The molecule has 132 valence electrons. The molecular weight excluding hydrogens is 302 g/mol. The van der Waals surface area contributed by atoms with Crippen molar-refractivity contribution in [2.24, 2.45) is 0 Å². The van der Waals surface area contributed by atoms with Gasteiger partial charge in [-0.1, -0.05) is 12.8 Å². The lowest BCUT2D eigenvalue weighted by Gasteiger charge is -2.37. The molecular formula is C18H29N5O. The van der Waals surface area contributed by atoms with Crippen molar-refractivity contribution in [1.29, 1.82) is 0 Å². The van der Waals surface area contributed by atoms with Gasteiger partial charge in [-0.3, -0.25) is 9.58 Å². The lowest BCUT2D eigenvalue weighted by Crippen LogP contribution is -2.44. The van der Waals surface area contributed by atoms with Crippen LogP contribution in [0.4, 0.5) is 4.79 Å². The second-order valence-corrected chi connectivity index (χ2v) is 7.50. The molecule has 0 aromatic carbocycles. The summed E-state index contributed by atoms with van der Waals surface area (Å²) < 4.78 is 2.19. The molecule has 3 aliphatic rings. The van der Waals surface area contributed by atoms with E-state index in [1.54, 1.807) is 0 Å². The van der Waals surface area contributed by atoms with Gasteiger partial charge in [-0.15, -0.1) is 0 Å². The number of amides is 2. The number of carbonyl (C=O) groups is 1. The van der Waals surface area contributed by atoms with Gasteiger partial charge < -0.3 is 10.2 Å². The molecule has 24 heavy (non-hydrogen) atoms. The van der Waals surface area contributed by atoms with Gasteiger partial charge in [-0.05, 0) is 38.2 Å². The second-order valence-electron chi connectivity index (χ2n) is 7.50. The van der Waals surface area contributed by atoms with Crippen LogP contribution in [-0.2, 0) is 6.54 Å². The maximum Gasteiger partial charge on any atom is 0.317 e. The zero-order chi connectivity index (χ0) is 16.4. The Balaban J connectivity index is 1.34. The molecule has 2 fully saturated rings. The highest BCUT2D eigenvalue weighted by molar-refractivity contribution is 5.74. The summed E-state index contributed by atoms with van der Waals surface area (Å²) in [6.07, 6.45) is 10.6. The number of hydrogen-bond acceptors (Lipinski definition) is 3. The van der Waals surface area contributed by atoms with Crippen molar-refractivity contribution >= 4 is 6.03 Å². The Bertz CT molecular complexity index is 560. The van der Waals surface area contributed by atoms with Gasteiger partial charge in [0.05, 0.1) is 11.7 Å². The third-order valence-corrected chi connectivity index (χ3v) is 5.90. The van der Waals surface area contributed by atoms with Crippen molar-refractivity contribution in [3.63, 3.8) is 0 Å². The highest BCUT2D eigenvalue weighted by Gasteiger charge is 2.31. The quantitative estimate of drug-likeness (QED) is 0.921. The zero-order valence-corrected chi connectivity index (χ0v) is 14.5. The second kappa shape index (κ2) is 7.13. The predicted molar refractivity (Wildman–Crippen MR) is 92.8 cm³/mol. The number of carbonyl (C=O) groups excluding carboxylic acids is 1. The van der Waals surface area contributed by atoms with Gasteiger partial charge in [0.25, 0.3) is 0 Å². The molecule has 1 saturated heterocycles. The normalized spacial score (nSPS) is 25.2. The van der Waals surface area contributed by atoms with E-state index in [2.05, 4.69) is 26.1 Å². The first-order valence-corrected chi connectivity index (χ1v) is 9.60. The molecule has 0 unspecified atom stereocenters. The van der Waals surface area contributed by atoms with Crippen LogP contribution in [0.3, 0.4) is 0 Å². The Labute approximate surface area is 144 Å². The SMILES string of the molecule is O=C(NCC[C@@H]1CN(C2CCCC2)Cc2ccnn21)N1CCCC1. The average Bonchev–Trinajstić information content (AvgIpc) is 3.35. The molecule has 0 spiro atoms. The molecule has 1 aliphatic carbocycles. The molecule has 2 aliphatic heterocycles. The number of likely N-dealkylation sites (tertiary alicyclic amines) is 1. The van der Waals surface area contributed by atoms with Crippen molar-refractivity contribution in [3.05, 3.63) is 18.0 Å². The largest absolute Gasteiger partial charge is 0.338 e. The molecule has 1 aromatic rings. The number of urea groups is 1. The summed E-state index contributed by atoms with van der Waals surface area (Å²) in [6.45, 7) is 4.65. The summed E-state index contributed by atoms with van der Waals surface area (Å²) in [4.78, 5) is 16.7. The van der Waals surface area contributed by atoms with E-state index in [0.29, 0.717) is 6.04 Å². The number of fused-ring (bicyclic) bond motifs is 1. The van der Waals surface area contributed by atoms with Gasteiger partial charge in [-0.25, -0.2) is 4.79 Å². The van der Waals surface area contributed by atoms with Crippen molar-refractivity contribution < 1.29 is 4.79 Å². The van der Waals surface area contributed by atoms with Crippen LogP contribution < -0.4 is 5.32 Å². The first-order valence-electron chi connectivity index (χ1n) is 9.60. The Morgan fingerprint density at radius 1 is 1.21 bits per heavy atom. The van der Waals surface area contributed by atoms with Crippen molar-refractivity contribution in [2.45, 2.75) is 63.6 Å². The van der Waals surface area contributed by atoms with Crippen LogP contribution >= 0.6 is 0 Å². The standard InChI is InChI=1S/C18H29N5O/c24-18(21-11-3-4-12-21)19-9-7-16-13-22(15-5-1-2-6-15)14-17-8-10-20-23(16)17/h8,10,15-16H,1-7,9,11-14H2,(H,19,24)/t16-/m1/s1. The van der Waals surface area contributed by atoms with E-state index in [1.807, 2.05) is 11.1 Å². The summed E-state index contributed by atoms with van der Waals surface area (Å²) in [6, 6.07) is 3.38. The van der Waals surface area contributed by atoms with Gasteiger partial charge in [0.1, 0.15) is 0 Å². The van der Waals surface area contributed by atoms with E-state index in [9.17, 15) is 4.79 Å². The topological polar surface area (TPSA) is 53.4 Å². The van der Waals surface area contributed by atoms with Crippen LogP contribution in [-0.4, -0.2) is 57.8 Å². The lowest BCUT2D eigenvalue weighted by molar-refractivity contribution is 0.120. The Morgan fingerprint density at radius 3 is 2.79 bits per heavy atom. The average molecular weight is 331 g/mol. The van der Waals surface area contributed by atoms with Crippen LogP contribution in [0.2, 0.25) is 0 Å². The number of hydrogen-bond donors (Lipinski definition) is 1. The van der Waals surface area contributed by atoms with Crippen molar-refractivity contribution in [3.8, 4) is 0 Å². The maximum absolute atomic E-state index is 12.1. The molecule has 4 rings (SSSR count). The molecule has 1 atom stereocenters. The number of nitrogens with zero attached hydrogens (tertiary/aromatic N) is 4. The van der Waals surface area contributed by atoms with Gasteiger partial charge in [0, 0.05) is 45.0 Å². The fourth-order valence-electron chi connectivity index (χ4n) is 4.56. The minimum absolute atomic E-state index is 0.108. The van der Waals surface area contributed by atoms with E-state index >= 15 is 0 Å². The lowest BCUT2D eigenvalue weighted by atomic mass is 10.1. The molecule has 3 heterocycles. The number of rotatable bonds is 4. The van der Waals surface area contributed by atoms with E-state index in [-0.39, 0.29) is 6.03 Å². The van der Waals surface area contributed by atoms with Gasteiger partial charge in [0.2, 0.25) is 0 Å². The minimum Gasteiger partial charge on any atom is -0.338 e. The monoisotopic (exact) mass is 331 g/mol. The smallest absolute Gasteiger partial charge is 0.317 e. The third-order valence-electron chi connectivity index (χ3n) is 5.90. The highest BCUT2D eigenvalue weighted by Crippen LogP contribution is 2.30. The number of aromatic nitrogens is 2. The van der Waals surface area contributed by atoms with Crippen LogP contribution in [0.5, 0.6) is 0 Å². The summed E-state index contributed by atoms with van der Waals surface area (Å²) in [5, 5.41) is 7.65. The van der Waals surface area contributed by atoms with Crippen LogP contribution in [0.1, 0.15) is 56.7 Å². The summed E-state index contributed by atoms with van der Waals surface area (Å²) >= 11 is 0. The van der Waals surface area contributed by atoms with Crippen LogP contribution in [0, 0.1) is 0 Å². The van der Waals surface area contributed by atoms with Crippen molar-refractivity contribution in [1.82, 2.24) is 24.9 Å². The van der Waals surface area contributed by atoms with E-state index in [0.717, 1.165) is 58.0 Å². The number of nitrogens with one attached hydrogen (secondary N) is 1. The highest BCUT2D eigenvalue weighted by atomic mass is 16.2. The predicted octanol–water partition coefficient (Wildman–Crippen LogP) is 2.38. The van der Waals surface area contributed by atoms with E-state index < -0.39 is 0 Å². The minimum atomic E-state index is 0.108. The summed E-state index contributed by atoms with van der Waals surface area (Å²) in [5.41, 5.74) is 1.32. The van der Waals surface area contributed by atoms with E-state index in [1.165, 1.54) is 31.4 Å². The van der Waals surface area contributed by atoms with E-state index in [4.69, 9.17) is 0 Å². The summed E-state index contributed by atoms with van der Waals surface area (Å²) in [7, 11) is 0. The molecule has 1 aromatic heterocycles. The Morgan fingerprint density at radius 2 is 2.00 bits per heavy atom. The molecule has 2 amide bonds. The van der Waals surface area contributed by atoms with Gasteiger partial charge in [-0.2, -0.15) is 5.10 Å². The fraction of sp³-hybridized carbons (Fsp3) is 0.778.